The summed E-state index contributed by atoms with van der Waals surface area (Å²) in [5, 5.41) is 0. The summed E-state index contributed by atoms with van der Waals surface area (Å²) in [4.78, 5) is 0. The van der Waals surface area contributed by atoms with Crippen LogP contribution in [0.15, 0.2) is 0 Å². The third-order valence-corrected chi connectivity index (χ3v) is 0. The second kappa shape index (κ2) is 116. The van der Waals surface area contributed by atoms with Crippen LogP contribution in [0.4, 0.5) is 0 Å². The number of rotatable bonds is 0. The van der Waals surface area contributed by atoms with Crippen molar-refractivity contribution in [2.24, 2.45) is 0 Å². The first-order chi connectivity index (χ1) is 3.15. The van der Waals surface area contributed by atoms with Crippen molar-refractivity contribution < 1.29 is 393 Å². The number of hydrogen-bond acceptors (Lipinski definition) is 0. The third-order valence-electron chi connectivity index (χ3n) is 0. The molecule has 0 aromatic heterocycles. The first kappa shape index (κ1) is 114. The predicted octanol–water partition coefficient (Wildman–Crippen LogP) is 3.54. The van der Waals surface area contributed by atoms with Crippen molar-refractivity contribution >= 4 is 0 Å². The van der Waals surface area contributed by atoms with Gasteiger partial charge in [0, 0.05) is 360 Å². The fraction of sp³-hybridized carbons (Fsp3) is 0.444. The quantitative estimate of drug-likeness (QED) is 0.327. The van der Waals surface area contributed by atoms with Crippen molar-refractivity contribution in [2.45, 2.75) is 27.2 Å². The normalized spacial score (nSPS) is 2.57. The van der Waals surface area contributed by atoms with Gasteiger partial charge < -0.3 is 41.0 Å². The van der Waals surface area contributed by atoms with Crippen molar-refractivity contribution in [3.8, 4) is 0 Å². The van der Waals surface area contributed by atoms with Crippen LogP contribution >= 0.6 is 0 Å². The van der Waals surface area contributed by atoms with Crippen LogP contribution in [-0.2, 0) is 393 Å². The van der Waals surface area contributed by atoms with E-state index >= 15 is 0 Å². The molecule has 0 saturated heterocycles. The van der Waals surface area contributed by atoms with Crippen LogP contribution in [0.3, 0.4) is 0 Å². The monoisotopic (exact) mass is 1200 g/mol. The summed E-state index contributed by atoms with van der Waals surface area (Å²) in [5.74, 6) is 1.42. The molecular weight excluding hydrogens is 1170 g/mol. The van der Waals surface area contributed by atoms with Crippen LogP contribution in [0.5, 0.6) is 0 Å². The van der Waals surface area contributed by atoms with E-state index in [-0.39, 0.29) is 407 Å². The Hall–Kier alpha value is 13.2. The molecule has 0 N–H and O–H groups in total. The molecule has 0 aromatic rings. The van der Waals surface area contributed by atoms with Crippen LogP contribution in [0, 0.1) is 34.6 Å². The second-order valence-corrected chi connectivity index (χ2v) is 1.85. The summed E-state index contributed by atoms with van der Waals surface area (Å²) in [6, 6.07) is 0. The minimum Gasteiger partial charge on any atom is -0.372 e. The average molecular weight is 1200 g/mol. The summed E-state index contributed by atoms with van der Waals surface area (Å²) in [6.45, 7) is 13.0. The molecule has 0 aliphatic carbocycles. The summed E-state index contributed by atoms with van der Waals surface area (Å²) in [6.07, 6.45) is 0.750. The van der Waals surface area contributed by atoms with Crippen LogP contribution in [0.1, 0.15) is 27.2 Å². The van der Waals surface area contributed by atoms with Gasteiger partial charge in [-0.1, -0.05) is 0 Å². The summed E-state index contributed by atoms with van der Waals surface area (Å²) in [5.41, 5.74) is 0. The van der Waals surface area contributed by atoms with E-state index in [9.17, 15) is 0 Å². The van der Waals surface area contributed by atoms with Gasteiger partial charge in [-0.05, 0) is 0 Å². The Morgan fingerprint density at radius 1 is 0.524 bits per heavy atom. The Labute approximate surface area is 439 Å². The van der Waals surface area contributed by atoms with E-state index in [1.807, 2.05) is 0 Å². The average Bonchev–Trinajstić information content (AvgIpc) is 1.33. The minimum absolute atomic E-state index is 0. The molecule has 12 heteroatoms. The van der Waals surface area contributed by atoms with Crippen LogP contribution in [0.25, 0.3) is 0 Å². The molecule has 0 bridgehead atoms. The van der Waals surface area contributed by atoms with E-state index in [0.717, 1.165) is 6.42 Å². The topological polar surface area (TPSA) is 0 Å². The Morgan fingerprint density at radius 2 is 0.524 bits per heavy atom. The van der Waals surface area contributed by atoms with Crippen LogP contribution in [0.2, 0.25) is 0 Å². The van der Waals surface area contributed by atoms with Crippen LogP contribution in [-0.4, -0.2) is 0 Å². The Kier molecular flexibility index (Phi) is 629. The van der Waals surface area contributed by atoms with E-state index in [1.165, 1.54) is 5.92 Å². The molecule has 0 aliphatic rings. The van der Waals surface area contributed by atoms with Gasteiger partial charge in [-0.15, -0.1) is 0 Å². The van der Waals surface area contributed by atoms with Crippen molar-refractivity contribution in [3.63, 3.8) is 0 Å². The largest absolute Gasteiger partial charge is 3.00 e. The molecule has 0 amide bonds. The zero-order chi connectivity index (χ0) is 6.28. The molecule has 0 nitrogen and oxygen atoms in total. The Bertz CT molecular complexity index is 31.9. The van der Waals surface area contributed by atoms with Gasteiger partial charge in [-0.25, -0.2) is 0 Å². The zero-order valence-electron chi connectivity index (χ0n) is 14.5. The van der Waals surface area contributed by atoms with Crippen molar-refractivity contribution in [3.05, 3.63) is 34.6 Å². The minimum atomic E-state index is 0. The van der Waals surface area contributed by atoms with Gasteiger partial charge >= 0.3 is 32.7 Å². The fourth-order valence-corrected chi connectivity index (χ4v) is 0. The standard InChI is InChI=1S/C4H9.C3H6.2CH3.12Y/c1-4(2)3;1-3-2;;;;;;;;;;;;;;/h1-3H3;1-3H2;2*1H3;;;;;;;;;;;;/q-1;-2;2*-1;;;;;;;;;;;;+3. The van der Waals surface area contributed by atoms with E-state index in [2.05, 4.69) is 34.6 Å². The predicted molar refractivity (Wildman–Crippen MR) is 48.4 cm³/mol. The SMILES string of the molecule is C[C-](C)C.[CH2-]C[CH2-].[CH3-].[CH3-].[Y+3].[Y].[Y].[Y].[Y].[Y].[Y].[Y].[Y].[Y].[Y].[Y]. The van der Waals surface area contributed by atoms with Gasteiger partial charge in [-0.3, -0.25) is 0 Å². The number of hydrogen-bond donors (Lipinski definition) is 0. The maximum absolute atomic E-state index is 3.38. The smallest absolute Gasteiger partial charge is 0.372 e. The van der Waals surface area contributed by atoms with E-state index < -0.39 is 0 Å². The molecule has 95 valence electrons. The second-order valence-electron chi connectivity index (χ2n) is 1.85. The van der Waals surface area contributed by atoms with E-state index in [4.69, 9.17) is 0 Å². The van der Waals surface area contributed by atoms with Crippen molar-refractivity contribution in [1.29, 1.82) is 0 Å². The molecule has 11 radical (unpaired) electrons. The summed E-state index contributed by atoms with van der Waals surface area (Å²) < 4.78 is 0. The molecule has 0 spiro atoms. The van der Waals surface area contributed by atoms with E-state index in [1.54, 1.807) is 0 Å². The third kappa shape index (κ3) is 185. The van der Waals surface area contributed by atoms with Crippen molar-refractivity contribution in [1.82, 2.24) is 0 Å². The first-order valence-corrected chi connectivity index (χ1v) is 2.50. The summed E-state index contributed by atoms with van der Waals surface area (Å²) in [7, 11) is 0. The van der Waals surface area contributed by atoms with Gasteiger partial charge in [-0.2, -0.15) is 20.8 Å². The maximum atomic E-state index is 3.38. The van der Waals surface area contributed by atoms with Gasteiger partial charge in [0.15, 0.2) is 0 Å². The van der Waals surface area contributed by atoms with Crippen LogP contribution < -0.4 is 0 Å². The molecule has 0 fully saturated rings. The molecule has 0 saturated carbocycles. The first-order valence-electron chi connectivity index (χ1n) is 2.50. The van der Waals surface area contributed by atoms with Gasteiger partial charge in [0.25, 0.3) is 0 Å². The molecule has 21 heavy (non-hydrogen) atoms. The molecule has 0 unspecified atom stereocenters. The Morgan fingerprint density at radius 3 is 0.524 bits per heavy atom. The molecular formula is C9H21Y12-2. The fourth-order valence-electron chi connectivity index (χ4n) is 0. The van der Waals surface area contributed by atoms with Gasteiger partial charge in [0.2, 0.25) is 0 Å². The Balaban J connectivity index is -0.00000000103. The zero-order valence-corrected chi connectivity index (χ0v) is 48.6. The summed E-state index contributed by atoms with van der Waals surface area (Å²) >= 11 is 0. The van der Waals surface area contributed by atoms with Crippen molar-refractivity contribution in [2.75, 3.05) is 0 Å². The maximum Gasteiger partial charge on any atom is 3.00 e. The molecule has 0 aromatic carbocycles. The molecule has 0 aliphatic heterocycles. The molecule has 0 heterocycles. The van der Waals surface area contributed by atoms with Gasteiger partial charge in [0.1, 0.15) is 0 Å². The molecule has 0 rings (SSSR count). The van der Waals surface area contributed by atoms with E-state index in [0.29, 0.717) is 0 Å². The van der Waals surface area contributed by atoms with Gasteiger partial charge in [0.05, 0.1) is 0 Å². The molecule has 0 atom stereocenters.